The minimum absolute atomic E-state index is 0.0920. The quantitative estimate of drug-likeness (QED) is 0.775. The van der Waals surface area contributed by atoms with E-state index in [4.69, 9.17) is 11.6 Å². The molecule has 0 saturated carbocycles. The summed E-state index contributed by atoms with van der Waals surface area (Å²) in [7, 11) is 1.68. The summed E-state index contributed by atoms with van der Waals surface area (Å²) in [6.45, 7) is 5.90. The van der Waals surface area contributed by atoms with Crippen molar-refractivity contribution in [3.8, 4) is 0 Å². The van der Waals surface area contributed by atoms with Crippen LogP contribution >= 0.6 is 23.4 Å². The van der Waals surface area contributed by atoms with Crippen LogP contribution in [0.2, 0.25) is 5.02 Å². The van der Waals surface area contributed by atoms with Crippen LogP contribution in [0.1, 0.15) is 23.1 Å². The van der Waals surface area contributed by atoms with E-state index >= 15 is 0 Å². The molecule has 7 heteroatoms. The van der Waals surface area contributed by atoms with Gasteiger partial charge in [-0.25, -0.2) is 4.99 Å². The van der Waals surface area contributed by atoms with Gasteiger partial charge in [0.2, 0.25) is 11.8 Å². The van der Waals surface area contributed by atoms with Crippen LogP contribution < -0.4 is 5.32 Å². The molecule has 0 radical (unpaired) electrons. The summed E-state index contributed by atoms with van der Waals surface area (Å²) < 4.78 is 0. The maximum absolute atomic E-state index is 12.6. The summed E-state index contributed by atoms with van der Waals surface area (Å²) in [4.78, 5) is 31.2. The third kappa shape index (κ3) is 4.39. The molecule has 1 heterocycles. The maximum Gasteiger partial charge on any atom is 0.242 e. The average Bonchev–Trinajstić information content (AvgIpc) is 2.90. The van der Waals surface area contributed by atoms with Gasteiger partial charge in [-0.3, -0.25) is 14.5 Å². The monoisotopic (exact) mass is 415 g/mol. The highest BCUT2D eigenvalue weighted by Gasteiger charge is 2.37. The minimum Gasteiger partial charge on any atom is -0.326 e. The van der Waals surface area contributed by atoms with Gasteiger partial charge in [0, 0.05) is 24.2 Å². The van der Waals surface area contributed by atoms with E-state index in [9.17, 15) is 9.59 Å². The van der Waals surface area contributed by atoms with E-state index in [0.717, 1.165) is 28.1 Å². The first-order chi connectivity index (χ1) is 13.3. The molecule has 5 nitrogen and oxygen atoms in total. The number of carbonyl (C=O) groups excluding carboxylic acids is 2. The summed E-state index contributed by atoms with van der Waals surface area (Å²) >= 11 is 7.36. The van der Waals surface area contributed by atoms with Crippen LogP contribution in [0.15, 0.2) is 41.4 Å². The molecular weight excluding hydrogens is 394 g/mol. The van der Waals surface area contributed by atoms with Crippen LogP contribution in [-0.4, -0.2) is 34.2 Å². The number of rotatable bonds is 4. The Morgan fingerprint density at radius 2 is 1.96 bits per heavy atom. The number of hydrogen-bond donors (Lipinski definition) is 1. The van der Waals surface area contributed by atoms with Crippen molar-refractivity contribution < 1.29 is 9.59 Å². The SMILES string of the molecule is Cc1ccc(Cl)cc1N=C1S[C@H](CC(=O)Nc2cccc(C)c2C)C(=O)N1C. The zero-order valence-corrected chi connectivity index (χ0v) is 17.8. The summed E-state index contributed by atoms with van der Waals surface area (Å²) in [5.41, 5.74) is 4.59. The minimum atomic E-state index is -0.492. The molecule has 1 aliphatic heterocycles. The normalized spacial score (nSPS) is 18.0. The number of carbonyl (C=O) groups is 2. The number of amidine groups is 1. The molecule has 0 unspecified atom stereocenters. The van der Waals surface area contributed by atoms with Crippen molar-refractivity contribution in [2.24, 2.45) is 4.99 Å². The molecule has 1 atom stereocenters. The van der Waals surface area contributed by atoms with Crippen molar-refractivity contribution in [2.75, 3.05) is 12.4 Å². The highest BCUT2D eigenvalue weighted by Crippen LogP contribution is 2.32. The first-order valence-electron chi connectivity index (χ1n) is 8.91. The smallest absolute Gasteiger partial charge is 0.242 e. The Hall–Kier alpha value is -2.31. The van der Waals surface area contributed by atoms with E-state index in [1.807, 2.05) is 45.0 Å². The molecule has 2 aromatic carbocycles. The van der Waals surface area contributed by atoms with Crippen molar-refractivity contribution in [1.82, 2.24) is 4.90 Å². The predicted molar refractivity (Wildman–Crippen MR) is 117 cm³/mol. The van der Waals surface area contributed by atoms with E-state index in [0.29, 0.717) is 10.2 Å². The molecular formula is C21H22ClN3O2S. The van der Waals surface area contributed by atoms with Crippen LogP contribution in [0.4, 0.5) is 11.4 Å². The first kappa shape index (κ1) is 20.4. The molecule has 28 heavy (non-hydrogen) atoms. The number of aliphatic imine (C=N–C) groups is 1. The van der Waals surface area contributed by atoms with Crippen LogP contribution in [0.25, 0.3) is 0 Å². The van der Waals surface area contributed by atoms with Gasteiger partial charge in [-0.15, -0.1) is 0 Å². The van der Waals surface area contributed by atoms with Gasteiger partial charge in [-0.1, -0.05) is 41.6 Å². The highest BCUT2D eigenvalue weighted by atomic mass is 35.5. The Morgan fingerprint density at radius 3 is 2.71 bits per heavy atom. The third-order valence-corrected chi connectivity index (χ3v) is 6.24. The number of amides is 2. The summed E-state index contributed by atoms with van der Waals surface area (Å²) in [6.07, 6.45) is 0.0920. The van der Waals surface area contributed by atoms with Crippen LogP contribution in [-0.2, 0) is 9.59 Å². The molecule has 146 valence electrons. The fraction of sp³-hybridized carbons (Fsp3) is 0.286. The highest BCUT2D eigenvalue weighted by molar-refractivity contribution is 8.15. The van der Waals surface area contributed by atoms with Gasteiger partial charge in [-0.2, -0.15) is 0 Å². The molecule has 2 amide bonds. The molecule has 0 aliphatic carbocycles. The molecule has 0 aromatic heterocycles. The number of nitrogens with zero attached hydrogens (tertiary/aromatic N) is 2. The molecule has 1 saturated heterocycles. The Labute approximate surface area is 174 Å². The molecule has 0 spiro atoms. The number of thioether (sulfide) groups is 1. The van der Waals surface area contributed by atoms with Gasteiger partial charge in [0.05, 0.1) is 5.69 Å². The van der Waals surface area contributed by atoms with Gasteiger partial charge in [0.15, 0.2) is 5.17 Å². The number of nitrogens with one attached hydrogen (secondary N) is 1. The lowest BCUT2D eigenvalue weighted by molar-refractivity contribution is -0.127. The summed E-state index contributed by atoms with van der Waals surface area (Å²) in [6, 6.07) is 11.2. The van der Waals surface area contributed by atoms with E-state index in [1.165, 1.54) is 16.7 Å². The third-order valence-electron chi connectivity index (χ3n) is 4.78. The van der Waals surface area contributed by atoms with Crippen molar-refractivity contribution in [1.29, 1.82) is 0 Å². The molecule has 3 rings (SSSR count). The van der Waals surface area contributed by atoms with E-state index in [2.05, 4.69) is 10.3 Å². The van der Waals surface area contributed by atoms with Crippen molar-refractivity contribution in [2.45, 2.75) is 32.4 Å². The lowest BCUT2D eigenvalue weighted by Crippen LogP contribution is -2.30. The topological polar surface area (TPSA) is 61.8 Å². The Morgan fingerprint density at radius 1 is 1.21 bits per heavy atom. The summed E-state index contributed by atoms with van der Waals surface area (Å²) in [5, 5.41) is 3.58. The lowest BCUT2D eigenvalue weighted by Gasteiger charge is -2.12. The standard InChI is InChI=1S/C21H22ClN3O2S/c1-12-6-5-7-16(14(12)3)23-19(26)11-18-20(27)25(4)21(28-18)24-17-10-15(22)9-8-13(17)2/h5-10,18H,11H2,1-4H3,(H,23,26)/t18-/m1/s1. The fourth-order valence-corrected chi connectivity index (χ4v) is 4.17. The zero-order valence-electron chi connectivity index (χ0n) is 16.2. The van der Waals surface area contributed by atoms with E-state index < -0.39 is 5.25 Å². The largest absolute Gasteiger partial charge is 0.326 e. The van der Waals surface area contributed by atoms with Gasteiger partial charge in [-0.05, 0) is 55.7 Å². The molecule has 0 bridgehead atoms. The average molecular weight is 416 g/mol. The first-order valence-corrected chi connectivity index (χ1v) is 10.2. The zero-order chi connectivity index (χ0) is 20.4. The Kier molecular flexibility index (Phi) is 6.10. The number of anilines is 1. The fourth-order valence-electron chi connectivity index (χ4n) is 2.86. The molecule has 1 fully saturated rings. The Balaban J connectivity index is 1.73. The molecule has 2 aromatic rings. The second kappa shape index (κ2) is 8.37. The van der Waals surface area contributed by atoms with Crippen molar-refractivity contribution in [3.05, 3.63) is 58.1 Å². The van der Waals surface area contributed by atoms with Crippen LogP contribution in [0.3, 0.4) is 0 Å². The van der Waals surface area contributed by atoms with Gasteiger partial charge < -0.3 is 5.32 Å². The second-order valence-corrected chi connectivity index (χ2v) is 8.44. The number of halogens is 1. The van der Waals surface area contributed by atoms with E-state index in [-0.39, 0.29) is 18.2 Å². The van der Waals surface area contributed by atoms with Crippen molar-refractivity contribution >= 4 is 51.7 Å². The van der Waals surface area contributed by atoms with E-state index in [1.54, 1.807) is 19.2 Å². The van der Waals surface area contributed by atoms with Gasteiger partial charge >= 0.3 is 0 Å². The second-order valence-electron chi connectivity index (χ2n) is 6.83. The summed E-state index contributed by atoms with van der Waals surface area (Å²) in [5.74, 6) is -0.312. The molecule has 1 aliphatic rings. The Bertz CT molecular complexity index is 974. The van der Waals surface area contributed by atoms with Crippen LogP contribution in [0, 0.1) is 20.8 Å². The van der Waals surface area contributed by atoms with Crippen LogP contribution in [0.5, 0.6) is 0 Å². The predicted octanol–water partition coefficient (Wildman–Crippen LogP) is 4.86. The van der Waals surface area contributed by atoms with Gasteiger partial charge in [0.1, 0.15) is 5.25 Å². The van der Waals surface area contributed by atoms with Gasteiger partial charge in [0.25, 0.3) is 0 Å². The lowest BCUT2D eigenvalue weighted by atomic mass is 10.1. The number of benzene rings is 2. The molecule has 1 N–H and O–H groups in total. The maximum atomic E-state index is 12.6. The number of hydrogen-bond acceptors (Lipinski definition) is 4. The van der Waals surface area contributed by atoms with Crippen molar-refractivity contribution in [3.63, 3.8) is 0 Å². The number of aryl methyl sites for hydroxylation is 2.